The molecule has 0 saturated heterocycles. The fourth-order valence-electron chi connectivity index (χ4n) is 1.75. The second-order valence-electron chi connectivity index (χ2n) is 3.62. The highest BCUT2D eigenvalue weighted by Crippen LogP contribution is 2.29. The molecule has 0 fully saturated rings. The van der Waals surface area contributed by atoms with E-state index in [4.69, 9.17) is 0 Å². The van der Waals surface area contributed by atoms with E-state index in [9.17, 15) is 0 Å². The van der Waals surface area contributed by atoms with Crippen LogP contribution < -0.4 is 0 Å². The molecule has 1 aromatic carbocycles. The molecule has 0 aromatic heterocycles. The van der Waals surface area contributed by atoms with E-state index in [1.807, 2.05) is 6.08 Å². The Balaban J connectivity index is 2.30. The van der Waals surface area contributed by atoms with Crippen molar-refractivity contribution in [3.8, 4) is 0 Å². The van der Waals surface area contributed by atoms with Crippen LogP contribution in [0.1, 0.15) is 18.1 Å². The first-order valence-corrected chi connectivity index (χ1v) is 4.72. The van der Waals surface area contributed by atoms with Crippen molar-refractivity contribution in [2.45, 2.75) is 13.3 Å². The molecule has 66 valence electrons. The molecule has 13 heavy (non-hydrogen) atoms. The highest BCUT2D eigenvalue weighted by atomic mass is 14.2. The maximum atomic E-state index is 3.83. The van der Waals surface area contributed by atoms with Gasteiger partial charge in [0.15, 0.2) is 0 Å². The number of hydrogen-bond acceptors (Lipinski definition) is 0. The molecule has 0 spiro atoms. The minimum absolute atomic E-state index is 0.507. The van der Waals surface area contributed by atoms with E-state index in [2.05, 4.69) is 43.8 Å². The van der Waals surface area contributed by atoms with Gasteiger partial charge in [0.2, 0.25) is 0 Å². The fourth-order valence-corrected chi connectivity index (χ4v) is 1.75. The summed E-state index contributed by atoms with van der Waals surface area (Å²) >= 11 is 0. The fraction of sp³-hybridized carbons (Fsp3) is 0.231. The van der Waals surface area contributed by atoms with Gasteiger partial charge in [-0.1, -0.05) is 48.9 Å². The van der Waals surface area contributed by atoms with Crippen molar-refractivity contribution >= 4 is 6.08 Å². The van der Waals surface area contributed by atoms with E-state index >= 15 is 0 Å². The van der Waals surface area contributed by atoms with Crippen LogP contribution in [0.3, 0.4) is 0 Å². The van der Waals surface area contributed by atoms with Gasteiger partial charge in [0, 0.05) is 0 Å². The van der Waals surface area contributed by atoms with Gasteiger partial charge in [0.25, 0.3) is 0 Å². The lowest BCUT2D eigenvalue weighted by Gasteiger charge is -2.05. The van der Waals surface area contributed by atoms with Crippen LogP contribution in [0.2, 0.25) is 0 Å². The topological polar surface area (TPSA) is 0 Å². The van der Waals surface area contributed by atoms with Crippen LogP contribution in [0.4, 0.5) is 0 Å². The van der Waals surface area contributed by atoms with Crippen molar-refractivity contribution in [3.05, 3.63) is 53.6 Å². The van der Waals surface area contributed by atoms with Crippen LogP contribution in [-0.2, 0) is 6.42 Å². The first-order valence-electron chi connectivity index (χ1n) is 4.72. The molecular weight excluding hydrogens is 156 g/mol. The predicted molar refractivity (Wildman–Crippen MR) is 57.5 cm³/mol. The molecule has 0 heterocycles. The van der Waals surface area contributed by atoms with Crippen LogP contribution in [0.5, 0.6) is 0 Å². The molecule has 1 atom stereocenters. The van der Waals surface area contributed by atoms with Crippen molar-refractivity contribution in [3.63, 3.8) is 0 Å². The van der Waals surface area contributed by atoms with Crippen molar-refractivity contribution in [1.82, 2.24) is 0 Å². The smallest absolute Gasteiger partial charge is 0.00477 e. The molecule has 0 heteroatoms. The van der Waals surface area contributed by atoms with Gasteiger partial charge >= 0.3 is 0 Å². The monoisotopic (exact) mass is 170 g/mol. The molecule has 0 saturated carbocycles. The Bertz CT molecular complexity index is 358. The number of hydrogen-bond donors (Lipinski definition) is 0. The standard InChI is InChI=1S/C13H14/c1-3-10(2)13-8-11-6-4-5-7-12(11)9-13/h3-8,10H,1,9H2,2H3/t10-/m0/s1. The second kappa shape index (κ2) is 3.21. The van der Waals surface area contributed by atoms with Gasteiger partial charge in [0.1, 0.15) is 0 Å². The summed E-state index contributed by atoms with van der Waals surface area (Å²) in [6, 6.07) is 8.58. The summed E-state index contributed by atoms with van der Waals surface area (Å²) in [4.78, 5) is 0. The Morgan fingerprint density at radius 2 is 2.15 bits per heavy atom. The maximum Gasteiger partial charge on any atom is -0.00477 e. The molecule has 1 aliphatic carbocycles. The molecule has 2 rings (SSSR count). The third-order valence-electron chi connectivity index (χ3n) is 2.73. The quantitative estimate of drug-likeness (QED) is 0.596. The van der Waals surface area contributed by atoms with E-state index in [0.717, 1.165) is 6.42 Å². The lowest BCUT2D eigenvalue weighted by molar-refractivity contribution is 0.843. The van der Waals surface area contributed by atoms with E-state index in [1.54, 1.807) is 0 Å². The van der Waals surface area contributed by atoms with Gasteiger partial charge in [-0.05, 0) is 23.5 Å². The number of fused-ring (bicyclic) bond motifs is 1. The average Bonchev–Trinajstić information content (AvgIpc) is 2.59. The van der Waals surface area contributed by atoms with Crippen LogP contribution in [0, 0.1) is 5.92 Å². The Hall–Kier alpha value is -1.30. The average molecular weight is 170 g/mol. The highest BCUT2D eigenvalue weighted by Gasteiger charge is 2.14. The van der Waals surface area contributed by atoms with Crippen molar-refractivity contribution in [1.29, 1.82) is 0 Å². The summed E-state index contributed by atoms with van der Waals surface area (Å²) < 4.78 is 0. The van der Waals surface area contributed by atoms with Crippen LogP contribution in [0.15, 0.2) is 42.5 Å². The zero-order valence-electron chi connectivity index (χ0n) is 7.96. The van der Waals surface area contributed by atoms with Gasteiger partial charge in [-0.3, -0.25) is 0 Å². The normalized spacial score (nSPS) is 16.2. The third kappa shape index (κ3) is 1.44. The van der Waals surface area contributed by atoms with Gasteiger partial charge in [-0.15, -0.1) is 6.58 Å². The summed E-state index contributed by atoms with van der Waals surface area (Å²) in [6.07, 6.45) is 5.41. The zero-order valence-corrected chi connectivity index (χ0v) is 7.96. The molecule has 0 N–H and O–H groups in total. The van der Waals surface area contributed by atoms with Crippen LogP contribution >= 0.6 is 0 Å². The second-order valence-corrected chi connectivity index (χ2v) is 3.62. The third-order valence-corrected chi connectivity index (χ3v) is 2.73. The number of rotatable bonds is 2. The Morgan fingerprint density at radius 3 is 2.85 bits per heavy atom. The van der Waals surface area contributed by atoms with Gasteiger partial charge in [-0.2, -0.15) is 0 Å². The SMILES string of the molecule is C=C[C@H](C)C1=Cc2ccccc2C1. The van der Waals surface area contributed by atoms with Crippen molar-refractivity contribution < 1.29 is 0 Å². The molecule has 0 aliphatic heterocycles. The summed E-state index contributed by atoms with van der Waals surface area (Å²) in [7, 11) is 0. The first kappa shape index (κ1) is 8.31. The van der Waals surface area contributed by atoms with Crippen molar-refractivity contribution in [2.24, 2.45) is 5.92 Å². The highest BCUT2D eigenvalue weighted by molar-refractivity contribution is 5.64. The molecule has 0 radical (unpaired) electrons. The van der Waals surface area contributed by atoms with Gasteiger partial charge in [0.05, 0.1) is 0 Å². The lowest BCUT2D eigenvalue weighted by Crippen LogP contribution is -1.94. The van der Waals surface area contributed by atoms with E-state index in [1.165, 1.54) is 16.7 Å². The summed E-state index contributed by atoms with van der Waals surface area (Å²) in [5, 5.41) is 0. The van der Waals surface area contributed by atoms with E-state index in [0.29, 0.717) is 5.92 Å². The minimum Gasteiger partial charge on any atom is -0.102 e. The first-order chi connectivity index (χ1) is 6.31. The molecule has 0 nitrogen and oxygen atoms in total. The predicted octanol–water partition coefficient (Wildman–Crippen LogP) is 3.45. The summed E-state index contributed by atoms with van der Waals surface area (Å²) in [6.45, 7) is 6.03. The molecule has 0 amide bonds. The molecule has 0 bridgehead atoms. The van der Waals surface area contributed by atoms with Gasteiger partial charge < -0.3 is 0 Å². The lowest BCUT2D eigenvalue weighted by atomic mass is 10.00. The van der Waals surface area contributed by atoms with E-state index in [-0.39, 0.29) is 0 Å². The largest absolute Gasteiger partial charge is 0.102 e. The maximum absolute atomic E-state index is 3.83. The minimum atomic E-state index is 0.507. The number of allylic oxidation sites excluding steroid dienone is 2. The Morgan fingerprint density at radius 1 is 1.38 bits per heavy atom. The molecule has 1 aromatic rings. The number of benzene rings is 1. The van der Waals surface area contributed by atoms with Gasteiger partial charge in [-0.25, -0.2) is 0 Å². The van der Waals surface area contributed by atoms with Crippen LogP contribution in [0.25, 0.3) is 6.08 Å². The molecule has 0 unspecified atom stereocenters. The Labute approximate surface area is 79.6 Å². The molecular formula is C13H14. The Kier molecular flexibility index (Phi) is 2.05. The molecule has 1 aliphatic rings. The van der Waals surface area contributed by atoms with E-state index < -0.39 is 0 Å². The zero-order chi connectivity index (χ0) is 9.26. The van der Waals surface area contributed by atoms with Crippen LogP contribution in [-0.4, -0.2) is 0 Å². The summed E-state index contributed by atoms with van der Waals surface area (Å²) in [5.74, 6) is 0.507. The van der Waals surface area contributed by atoms with Crippen molar-refractivity contribution in [2.75, 3.05) is 0 Å². The summed E-state index contributed by atoms with van der Waals surface area (Å²) in [5.41, 5.74) is 4.31.